The number of nitrogen functional groups attached to an aromatic ring is 1. The maximum absolute atomic E-state index is 12.6. The Morgan fingerprint density at radius 3 is 2.48 bits per heavy atom. The van der Waals surface area contributed by atoms with Crippen molar-refractivity contribution in [1.82, 2.24) is 9.97 Å². The normalized spacial score (nSPS) is 13.0. The van der Waals surface area contributed by atoms with Gasteiger partial charge >= 0.3 is 6.18 Å². The molecule has 21 heavy (non-hydrogen) atoms. The van der Waals surface area contributed by atoms with Crippen LogP contribution in [0.4, 0.5) is 24.8 Å². The summed E-state index contributed by atoms with van der Waals surface area (Å²) >= 11 is 0. The van der Waals surface area contributed by atoms with Crippen LogP contribution in [0.25, 0.3) is 0 Å². The van der Waals surface area contributed by atoms with Gasteiger partial charge in [-0.1, -0.05) is 37.3 Å². The first-order valence-electron chi connectivity index (χ1n) is 6.37. The van der Waals surface area contributed by atoms with Crippen molar-refractivity contribution < 1.29 is 13.2 Å². The molecule has 2 rings (SSSR count). The highest BCUT2D eigenvalue weighted by atomic mass is 19.4. The molecular formula is C14H15F3N4. The van der Waals surface area contributed by atoms with E-state index in [2.05, 4.69) is 15.3 Å². The summed E-state index contributed by atoms with van der Waals surface area (Å²) in [6.45, 7) is 2.41. The Labute approximate surface area is 120 Å². The number of aromatic nitrogens is 2. The number of rotatable bonds is 4. The smallest absolute Gasteiger partial charge is 0.384 e. The third kappa shape index (κ3) is 4.08. The van der Waals surface area contributed by atoms with Crippen LogP contribution in [-0.2, 0) is 6.18 Å². The zero-order valence-corrected chi connectivity index (χ0v) is 11.4. The molecule has 0 aliphatic rings. The van der Waals surface area contributed by atoms with Crippen LogP contribution in [0.15, 0.2) is 36.4 Å². The van der Waals surface area contributed by atoms with Crippen LogP contribution in [-0.4, -0.2) is 16.5 Å². The third-order valence-corrected chi connectivity index (χ3v) is 2.96. The largest absolute Gasteiger partial charge is 0.451 e. The SMILES string of the molecule is CC(CNc1cc(N)nc(C(F)(F)F)n1)c1ccccc1. The Kier molecular flexibility index (Phi) is 4.30. The van der Waals surface area contributed by atoms with E-state index in [4.69, 9.17) is 5.73 Å². The van der Waals surface area contributed by atoms with Gasteiger partial charge in [-0.3, -0.25) is 0 Å². The van der Waals surface area contributed by atoms with E-state index in [0.717, 1.165) is 5.56 Å². The van der Waals surface area contributed by atoms with Gasteiger partial charge in [0.25, 0.3) is 0 Å². The lowest BCUT2D eigenvalue weighted by molar-refractivity contribution is -0.144. The summed E-state index contributed by atoms with van der Waals surface area (Å²) in [6, 6.07) is 10.9. The first-order chi connectivity index (χ1) is 9.86. The lowest BCUT2D eigenvalue weighted by Crippen LogP contribution is -2.16. The molecule has 0 saturated heterocycles. The average molecular weight is 296 g/mol. The van der Waals surface area contributed by atoms with Gasteiger partial charge in [0, 0.05) is 12.6 Å². The van der Waals surface area contributed by atoms with E-state index in [9.17, 15) is 13.2 Å². The second-order valence-electron chi connectivity index (χ2n) is 4.69. The van der Waals surface area contributed by atoms with Gasteiger partial charge in [0.2, 0.25) is 5.82 Å². The fourth-order valence-corrected chi connectivity index (χ4v) is 1.84. The van der Waals surface area contributed by atoms with Crippen molar-refractivity contribution in [2.45, 2.75) is 19.0 Å². The molecule has 0 bridgehead atoms. The highest BCUT2D eigenvalue weighted by Gasteiger charge is 2.35. The predicted octanol–water partition coefficient (Wildman–Crippen LogP) is 3.29. The minimum absolute atomic E-state index is 0.0672. The highest BCUT2D eigenvalue weighted by Crippen LogP contribution is 2.27. The minimum atomic E-state index is -4.61. The van der Waals surface area contributed by atoms with Gasteiger partial charge in [0.1, 0.15) is 11.6 Å². The van der Waals surface area contributed by atoms with Crippen molar-refractivity contribution in [3.05, 3.63) is 47.8 Å². The molecule has 4 nitrogen and oxygen atoms in total. The van der Waals surface area contributed by atoms with Gasteiger partial charge in [-0.25, -0.2) is 9.97 Å². The number of nitrogens with one attached hydrogen (secondary N) is 1. The summed E-state index contributed by atoms with van der Waals surface area (Å²) in [5.74, 6) is -1.26. The van der Waals surface area contributed by atoms with E-state index in [1.807, 2.05) is 37.3 Å². The van der Waals surface area contributed by atoms with Crippen LogP contribution in [0, 0.1) is 0 Å². The first-order valence-corrected chi connectivity index (χ1v) is 6.37. The molecule has 0 fully saturated rings. The summed E-state index contributed by atoms with van der Waals surface area (Å²) in [6.07, 6.45) is -4.61. The summed E-state index contributed by atoms with van der Waals surface area (Å²) in [5.41, 5.74) is 6.47. The van der Waals surface area contributed by atoms with Gasteiger partial charge in [-0.05, 0) is 11.5 Å². The van der Waals surface area contributed by atoms with Gasteiger partial charge in [0.05, 0.1) is 0 Å². The topological polar surface area (TPSA) is 63.8 Å². The fourth-order valence-electron chi connectivity index (χ4n) is 1.84. The predicted molar refractivity (Wildman–Crippen MR) is 74.8 cm³/mol. The zero-order valence-electron chi connectivity index (χ0n) is 11.4. The van der Waals surface area contributed by atoms with Gasteiger partial charge in [-0.2, -0.15) is 13.2 Å². The molecule has 2 aromatic rings. The Morgan fingerprint density at radius 2 is 1.86 bits per heavy atom. The summed E-state index contributed by atoms with van der Waals surface area (Å²) in [5, 5.41) is 2.87. The molecule has 0 spiro atoms. The summed E-state index contributed by atoms with van der Waals surface area (Å²) in [4.78, 5) is 6.64. The second kappa shape index (κ2) is 5.99. The molecule has 0 aliphatic carbocycles. The molecule has 1 unspecified atom stereocenters. The lowest BCUT2D eigenvalue weighted by atomic mass is 10.0. The second-order valence-corrected chi connectivity index (χ2v) is 4.69. The standard InChI is InChI=1S/C14H15F3N4/c1-9(10-5-3-2-4-6-10)8-19-12-7-11(18)20-13(21-12)14(15,16)17/h2-7,9H,8H2,1H3,(H3,18,19,20,21). The zero-order chi connectivity index (χ0) is 15.5. The number of hydrogen-bond acceptors (Lipinski definition) is 4. The molecule has 0 aliphatic heterocycles. The highest BCUT2D eigenvalue weighted by molar-refractivity contribution is 5.45. The number of anilines is 2. The molecule has 1 atom stereocenters. The number of nitrogens with zero attached hydrogens (tertiary/aromatic N) is 2. The van der Waals surface area contributed by atoms with Crippen molar-refractivity contribution in [2.24, 2.45) is 0 Å². The molecule has 0 amide bonds. The van der Waals surface area contributed by atoms with E-state index in [-0.39, 0.29) is 17.6 Å². The molecule has 1 aromatic heterocycles. The van der Waals surface area contributed by atoms with Crippen molar-refractivity contribution in [3.8, 4) is 0 Å². The number of alkyl halides is 3. The van der Waals surface area contributed by atoms with Crippen molar-refractivity contribution in [3.63, 3.8) is 0 Å². The molecule has 1 aromatic carbocycles. The van der Waals surface area contributed by atoms with Crippen LogP contribution in [0.5, 0.6) is 0 Å². The minimum Gasteiger partial charge on any atom is -0.384 e. The molecule has 3 N–H and O–H groups in total. The number of halogens is 3. The molecular weight excluding hydrogens is 281 g/mol. The molecule has 112 valence electrons. The molecule has 1 heterocycles. The Hall–Kier alpha value is -2.31. The van der Waals surface area contributed by atoms with E-state index in [1.54, 1.807) is 0 Å². The number of nitrogens with two attached hydrogens (primary N) is 1. The van der Waals surface area contributed by atoms with Crippen LogP contribution in [0.1, 0.15) is 24.2 Å². The van der Waals surface area contributed by atoms with Crippen molar-refractivity contribution in [1.29, 1.82) is 0 Å². The number of hydrogen-bond donors (Lipinski definition) is 2. The van der Waals surface area contributed by atoms with Gasteiger partial charge in [-0.15, -0.1) is 0 Å². The van der Waals surface area contributed by atoms with Crippen LogP contribution in [0.3, 0.4) is 0 Å². The summed E-state index contributed by atoms with van der Waals surface area (Å²) in [7, 11) is 0. The maximum Gasteiger partial charge on any atom is 0.451 e. The Morgan fingerprint density at radius 1 is 1.19 bits per heavy atom. The van der Waals surface area contributed by atoms with Gasteiger partial charge < -0.3 is 11.1 Å². The van der Waals surface area contributed by atoms with E-state index in [0.29, 0.717) is 6.54 Å². The van der Waals surface area contributed by atoms with Crippen LogP contribution >= 0.6 is 0 Å². The molecule has 7 heteroatoms. The monoisotopic (exact) mass is 296 g/mol. The van der Waals surface area contributed by atoms with E-state index in [1.165, 1.54) is 6.07 Å². The Balaban J connectivity index is 2.08. The first kappa shape index (κ1) is 15.1. The van der Waals surface area contributed by atoms with Crippen molar-refractivity contribution >= 4 is 11.6 Å². The average Bonchev–Trinajstić information content (AvgIpc) is 2.44. The van der Waals surface area contributed by atoms with Crippen molar-refractivity contribution in [2.75, 3.05) is 17.6 Å². The third-order valence-electron chi connectivity index (χ3n) is 2.96. The van der Waals surface area contributed by atoms with Crippen LogP contribution in [0.2, 0.25) is 0 Å². The van der Waals surface area contributed by atoms with Crippen LogP contribution < -0.4 is 11.1 Å². The summed E-state index contributed by atoms with van der Waals surface area (Å²) < 4.78 is 37.8. The molecule has 0 radical (unpaired) electrons. The van der Waals surface area contributed by atoms with E-state index < -0.39 is 12.0 Å². The Bertz CT molecular complexity index is 599. The fraction of sp³-hybridized carbons (Fsp3) is 0.286. The lowest BCUT2D eigenvalue weighted by Gasteiger charge is -2.14. The van der Waals surface area contributed by atoms with Gasteiger partial charge in [0.15, 0.2) is 0 Å². The number of benzene rings is 1. The molecule has 0 saturated carbocycles. The quantitative estimate of drug-likeness (QED) is 0.908. The van der Waals surface area contributed by atoms with E-state index >= 15 is 0 Å². The maximum atomic E-state index is 12.6.